The van der Waals surface area contributed by atoms with Crippen molar-refractivity contribution in [1.82, 2.24) is 9.55 Å². The smallest absolute Gasteiger partial charge is 0.431 e. The van der Waals surface area contributed by atoms with Crippen molar-refractivity contribution in [1.29, 1.82) is 0 Å². The fourth-order valence-corrected chi connectivity index (χ4v) is 2.89. The fraction of sp³-hybridized carbons (Fsp3) is 0.529. The fourth-order valence-electron chi connectivity index (χ4n) is 1.84. The second kappa shape index (κ2) is 11.9. The largest absolute Gasteiger partial charge is 0.512 e. The predicted octanol–water partition coefficient (Wildman–Crippen LogP) is 2.06. The highest BCUT2D eigenvalue weighted by Gasteiger charge is 2.27. The van der Waals surface area contributed by atoms with Gasteiger partial charge in [-0.3, -0.25) is 14.3 Å². The molecular weight excluding hydrogens is 407 g/mol. The van der Waals surface area contributed by atoms with E-state index in [9.17, 15) is 23.7 Å². The summed E-state index contributed by atoms with van der Waals surface area (Å²) in [7, 11) is -2.79. The van der Waals surface area contributed by atoms with E-state index < -0.39 is 49.6 Å². The number of hydrogen-bond acceptors (Lipinski definition) is 9. The normalized spacial score (nSPS) is 12.4. The van der Waals surface area contributed by atoms with E-state index in [1.54, 1.807) is 27.7 Å². The van der Waals surface area contributed by atoms with Crippen LogP contribution >= 0.6 is 7.80 Å². The Bertz CT molecular complexity index is 833. The zero-order valence-corrected chi connectivity index (χ0v) is 17.6. The lowest BCUT2D eigenvalue weighted by Crippen LogP contribution is -2.28. The maximum atomic E-state index is 12.5. The number of H-pyrrole nitrogens is 1. The molecule has 11 nitrogen and oxygen atoms in total. The Morgan fingerprint density at radius 1 is 1.03 bits per heavy atom. The van der Waals surface area contributed by atoms with Gasteiger partial charge in [0, 0.05) is 25.0 Å². The number of aromatic nitrogens is 2. The Kier molecular flexibility index (Phi) is 9.94. The van der Waals surface area contributed by atoms with Crippen LogP contribution in [0.3, 0.4) is 0 Å². The van der Waals surface area contributed by atoms with E-state index in [-0.39, 0.29) is 12.7 Å². The molecule has 1 N–H and O–H groups in total. The van der Waals surface area contributed by atoms with E-state index in [0.717, 1.165) is 0 Å². The van der Waals surface area contributed by atoms with E-state index in [1.165, 1.54) is 29.0 Å². The van der Waals surface area contributed by atoms with Gasteiger partial charge in [0.15, 0.2) is 7.80 Å². The zero-order chi connectivity index (χ0) is 22.0. The first-order valence-electron chi connectivity index (χ1n) is 8.80. The molecule has 0 saturated carbocycles. The van der Waals surface area contributed by atoms with Gasteiger partial charge in [0.05, 0.1) is 12.2 Å². The molecule has 0 aliphatic rings. The average Bonchev–Trinajstić information content (AvgIpc) is 2.58. The van der Waals surface area contributed by atoms with Crippen LogP contribution in [0.1, 0.15) is 27.7 Å². The van der Waals surface area contributed by atoms with Gasteiger partial charge >= 0.3 is 24.0 Å². The summed E-state index contributed by atoms with van der Waals surface area (Å²) in [6, 6.07) is -0.478. The number of nitrogens with one attached hydrogen (secondary N) is 1. The first kappa shape index (κ1) is 24.2. The molecule has 0 radical (unpaired) electrons. The predicted molar refractivity (Wildman–Crippen MR) is 104 cm³/mol. The number of hydrogen-bond donors (Lipinski definition) is 1. The number of carbonyl (C=O) groups is 2. The van der Waals surface area contributed by atoms with Crippen molar-refractivity contribution >= 4 is 20.1 Å². The van der Waals surface area contributed by atoms with Gasteiger partial charge < -0.3 is 23.5 Å². The third-order valence-electron chi connectivity index (χ3n) is 3.02. The van der Waals surface area contributed by atoms with Crippen LogP contribution in [0.2, 0.25) is 0 Å². The molecule has 0 bridgehead atoms. The number of nitrogens with zero attached hydrogens (tertiary/aromatic N) is 1. The highest BCUT2D eigenvalue weighted by molar-refractivity contribution is 7.45. The minimum absolute atomic E-state index is 0.0860. The molecule has 1 aromatic heterocycles. The molecule has 0 aromatic carbocycles. The zero-order valence-electron chi connectivity index (χ0n) is 16.6. The molecule has 1 unspecified atom stereocenters. The van der Waals surface area contributed by atoms with Crippen LogP contribution in [0.15, 0.2) is 34.0 Å². The summed E-state index contributed by atoms with van der Waals surface area (Å²) in [5.74, 6) is 0. The van der Waals surface area contributed by atoms with Crippen LogP contribution in [0.25, 0.3) is 0 Å². The van der Waals surface area contributed by atoms with Crippen molar-refractivity contribution in [2.75, 3.05) is 6.16 Å². The summed E-state index contributed by atoms with van der Waals surface area (Å²) in [5, 5.41) is 0. The summed E-state index contributed by atoms with van der Waals surface area (Å²) >= 11 is 0. The second-order valence-corrected chi connectivity index (χ2v) is 8.12. The van der Waals surface area contributed by atoms with Crippen molar-refractivity contribution in [3.05, 3.63) is 45.3 Å². The SMILES string of the molecule is CC(C)OC(=O)OC(OC(=O)OC(C)C)[PH](=O)CC=CCn1ccc(=O)[nH]c1=O. The first-order valence-corrected chi connectivity index (χ1v) is 10.5. The van der Waals surface area contributed by atoms with Crippen LogP contribution in [0.4, 0.5) is 9.59 Å². The van der Waals surface area contributed by atoms with Crippen molar-refractivity contribution < 1.29 is 33.1 Å². The number of carbonyl (C=O) groups excluding carboxylic acids is 2. The van der Waals surface area contributed by atoms with Crippen molar-refractivity contribution in [3.63, 3.8) is 0 Å². The molecule has 0 saturated heterocycles. The highest BCUT2D eigenvalue weighted by atomic mass is 31.1. The van der Waals surface area contributed by atoms with E-state index in [0.29, 0.717) is 0 Å². The second-order valence-electron chi connectivity index (χ2n) is 6.31. The lowest BCUT2D eigenvalue weighted by Gasteiger charge is -2.18. The molecule has 12 heteroatoms. The van der Waals surface area contributed by atoms with Crippen molar-refractivity contribution in [2.24, 2.45) is 0 Å². The topological polar surface area (TPSA) is 143 Å². The molecule has 1 rings (SSSR count). The Balaban J connectivity index is 2.73. The lowest BCUT2D eigenvalue weighted by molar-refractivity contribution is -0.0715. The van der Waals surface area contributed by atoms with Gasteiger partial charge in [-0.2, -0.15) is 0 Å². The summed E-state index contributed by atoms with van der Waals surface area (Å²) in [4.78, 5) is 48.0. The van der Waals surface area contributed by atoms with Crippen LogP contribution in [-0.4, -0.2) is 46.3 Å². The molecule has 0 aliphatic carbocycles. The van der Waals surface area contributed by atoms with E-state index in [4.69, 9.17) is 18.9 Å². The summed E-state index contributed by atoms with van der Waals surface area (Å²) in [6.07, 6.45) is 0.990. The van der Waals surface area contributed by atoms with Gasteiger partial charge in [-0.1, -0.05) is 12.2 Å². The molecule has 0 aliphatic heterocycles. The molecule has 0 fully saturated rings. The molecular formula is C17H25N2O9P. The quantitative estimate of drug-likeness (QED) is 0.268. The first-order chi connectivity index (χ1) is 13.6. The van der Waals surface area contributed by atoms with Gasteiger partial charge in [-0.25, -0.2) is 14.4 Å². The van der Waals surface area contributed by atoms with Gasteiger partial charge in [0.25, 0.3) is 5.56 Å². The van der Waals surface area contributed by atoms with E-state index >= 15 is 0 Å². The van der Waals surface area contributed by atoms with Crippen LogP contribution < -0.4 is 11.2 Å². The molecule has 1 aromatic rings. The standard InChI is InChI=1S/C17H25N2O9P/c1-11(2)25-15(22)27-17(28-16(23)26-12(3)4)29(24)10-6-5-8-19-9-7-13(20)18-14(19)21/h5-7,9,11-12,17,29H,8,10H2,1-4H3,(H,18,20,21). The average molecular weight is 432 g/mol. The number of rotatable bonds is 9. The maximum Gasteiger partial charge on any atom is 0.512 e. The lowest BCUT2D eigenvalue weighted by atomic mass is 10.5. The van der Waals surface area contributed by atoms with Gasteiger partial charge in [0.1, 0.15) is 0 Å². The molecule has 0 spiro atoms. The molecule has 162 valence electrons. The van der Waals surface area contributed by atoms with Crippen LogP contribution in [0, 0.1) is 0 Å². The monoisotopic (exact) mass is 432 g/mol. The van der Waals surface area contributed by atoms with Crippen molar-refractivity contribution in [3.8, 4) is 0 Å². The Hall–Kier alpha value is -2.81. The Morgan fingerprint density at radius 2 is 1.59 bits per heavy atom. The van der Waals surface area contributed by atoms with Crippen LogP contribution in [0.5, 0.6) is 0 Å². The number of allylic oxidation sites excluding steroid dienone is 2. The Morgan fingerprint density at radius 3 is 2.07 bits per heavy atom. The third-order valence-corrected chi connectivity index (χ3v) is 4.42. The minimum Gasteiger partial charge on any atom is -0.431 e. The number of ether oxygens (including phenoxy) is 4. The van der Waals surface area contributed by atoms with Crippen LogP contribution in [-0.2, 0) is 30.1 Å². The highest BCUT2D eigenvalue weighted by Crippen LogP contribution is 2.31. The van der Waals surface area contributed by atoms with Gasteiger partial charge in [-0.15, -0.1) is 0 Å². The summed E-state index contributed by atoms with van der Waals surface area (Å²) in [5.41, 5.74) is -1.11. The molecule has 29 heavy (non-hydrogen) atoms. The van der Waals surface area contributed by atoms with Gasteiger partial charge in [-0.05, 0) is 27.7 Å². The Labute approximate surface area is 167 Å². The summed E-state index contributed by atoms with van der Waals surface area (Å²) < 4.78 is 33.0. The third kappa shape index (κ3) is 9.79. The molecule has 1 heterocycles. The summed E-state index contributed by atoms with van der Waals surface area (Å²) in [6.45, 7) is 6.48. The van der Waals surface area contributed by atoms with E-state index in [1.807, 2.05) is 0 Å². The van der Waals surface area contributed by atoms with Gasteiger partial charge in [0.2, 0.25) is 0 Å². The minimum atomic E-state index is -2.79. The maximum absolute atomic E-state index is 12.5. The van der Waals surface area contributed by atoms with Crippen molar-refractivity contribution in [2.45, 2.75) is 52.5 Å². The number of aromatic amines is 1. The molecule has 1 atom stereocenters. The molecule has 0 amide bonds. The van der Waals surface area contributed by atoms with E-state index in [2.05, 4.69) is 4.98 Å².